The van der Waals surface area contributed by atoms with E-state index in [0.717, 1.165) is 16.6 Å². The van der Waals surface area contributed by atoms with Gasteiger partial charge < -0.3 is 15.0 Å². The average molecular weight is 452 g/mol. The first-order valence-electron chi connectivity index (χ1n) is 9.45. The fraction of sp³-hybridized carbons (Fsp3) is 0.368. The Morgan fingerprint density at radius 2 is 2.00 bits per heavy atom. The first-order chi connectivity index (χ1) is 14.3. The molecular formula is C19H22ClN5O4S. The first kappa shape index (κ1) is 21.0. The van der Waals surface area contributed by atoms with Gasteiger partial charge in [-0.25, -0.2) is 15.1 Å². The molecule has 0 amide bonds. The molecule has 3 atom stereocenters. The van der Waals surface area contributed by atoms with Crippen molar-refractivity contribution in [3.05, 3.63) is 53.4 Å². The molecular weight excluding hydrogens is 430 g/mol. The summed E-state index contributed by atoms with van der Waals surface area (Å²) >= 11 is 5.93. The van der Waals surface area contributed by atoms with Crippen LogP contribution in [0.5, 0.6) is 0 Å². The summed E-state index contributed by atoms with van der Waals surface area (Å²) in [5.74, 6) is 0.386. The summed E-state index contributed by atoms with van der Waals surface area (Å²) in [6.07, 6.45) is 3.75. The van der Waals surface area contributed by atoms with E-state index in [0.29, 0.717) is 30.2 Å². The number of fused-ring (bicyclic) bond motifs is 1. The van der Waals surface area contributed by atoms with E-state index >= 15 is 0 Å². The number of aromatic nitrogens is 3. The number of benzene rings is 1. The van der Waals surface area contributed by atoms with Crippen molar-refractivity contribution < 1.29 is 17.7 Å². The third-order valence-electron chi connectivity index (χ3n) is 5.35. The van der Waals surface area contributed by atoms with Gasteiger partial charge in [-0.2, -0.15) is 8.42 Å². The molecule has 1 aliphatic carbocycles. The van der Waals surface area contributed by atoms with Crippen LogP contribution in [0.25, 0.3) is 11.0 Å². The fourth-order valence-corrected chi connectivity index (χ4v) is 4.35. The lowest BCUT2D eigenvalue weighted by Crippen LogP contribution is -2.24. The molecule has 30 heavy (non-hydrogen) atoms. The van der Waals surface area contributed by atoms with Crippen molar-refractivity contribution in [1.82, 2.24) is 14.5 Å². The summed E-state index contributed by atoms with van der Waals surface area (Å²) < 4.78 is 28.7. The van der Waals surface area contributed by atoms with Gasteiger partial charge in [0.25, 0.3) is 0 Å². The largest absolute Gasteiger partial charge is 0.393 e. The number of rotatable bonds is 7. The van der Waals surface area contributed by atoms with Gasteiger partial charge in [0.15, 0.2) is 0 Å². The second-order valence-corrected chi connectivity index (χ2v) is 9.05. The summed E-state index contributed by atoms with van der Waals surface area (Å²) in [7, 11) is -4.03. The Hall–Kier alpha value is -2.24. The molecule has 0 radical (unpaired) electrons. The summed E-state index contributed by atoms with van der Waals surface area (Å²) in [5, 5.41) is 20.1. The molecule has 0 saturated heterocycles. The molecule has 0 aliphatic heterocycles. The summed E-state index contributed by atoms with van der Waals surface area (Å²) in [5.41, 5.74) is 1.82. The number of hydrogen-bond acceptors (Lipinski definition) is 7. The number of anilines is 1. The smallest absolute Gasteiger partial charge is 0.333 e. The number of nitrogens with one attached hydrogen (secondary N) is 1. The van der Waals surface area contributed by atoms with E-state index in [1.54, 1.807) is 0 Å². The van der Waals surface area contributed by atoms with Crippen molar-refractivity contribution in [2.45, 2.75) is 31.5 Å². The molecule has 0 spiro atoms. The highest BCUT2D eigenvalue weighted by atomic mass is 35.5. The Balaban J connectivity index is 1.49. The van der Waals surface area contributed by atoms with Crippen LogP contribution in [-0.2, 0) is 21.0 Å². The third kappa shape index (κ3) is 4.73. The van der Waals surface area contributed by atoms with Crippen LogP contribution in [0.2, 0.25) is 5.02 Å². The van der Waals surface area contributed by atoms with Crippen LogP contribution in [-0.4, -0.2) is 40.8 Å². The summed E-state index contributed by atoms with van der Waals surface area (Å²) in [6.45, 7) is 0.447. The highest BCUT2D eigenvalue weighted by molar-refractivity contribution is 7.84. The van der Waals surface area contributed by atoms with Crippen molar-refractivity contribution in [2.24, 2.45) is 11.1 Å². The molecule has 160 valence electrons. The van der Waals surface area contributed by atoms with Crippen LogP contribution in [0.15, 0.2) is 42.9 Å². The maximum absolute atomic E-state index is 11.0. The number of nitrogens with two attached hydrogens (primary N) is 1. The molecule has 4 N–H and O–H groups in total. The topological polar surface area (TPSA) is 132 Å². The van der Waals surface area contributed by atoms with E-state index < -0.39 is 16.4 Å². The van der Waals surface area contributed by atoms with Gasteiger partial charge in [-0.1, -0.05) is 23.7 Å². The van der Waals surface area contributed by atoms with Crippen molar-refractivity contribution >= 4 is 38.8 Å². The molecule has 1 aliphatic rings. The predicted octanol–water partition coefficient (Wildman–Crippen LogP) is 2.23. The zero-order valence-electron chi connectivity index (χ0n) is 16.0. The quantitative estimate of drug-likeness (QED) is 0.501. The second kappa shape index (κ2) is 8.48. The molecule has 1 saturated carbocycles. The van der Waals surface area contributed by atoms with Crippen LogP contribution >= 0.6 is 11.6 Å². The fourth-order valence-electron chi connectivity index (χ4n) is 3.86. The molecule has 2 heterocycles. The lowest BCUT2D eigenvalue weighted by Gasteiger charge is -2.14. The highest BCUT2D eigenvalue weighted by Gasteiger charge is 2.35. The SMILES string of the molecule is NS(=O)(=O)OC[C@@H]1C[C@@H](n2ccc3c(NCc4ccc(Cl)cc4)ncnc32)C[C@@H]1O. The van der Waals surface area contributed by atoms with Gasteiger partial charge in [-0.3, -0.25) is 4.18 Å². The Kier molecular flexibility index (Phi) is 5.94. The van der Waals surface area contributed by atoms with E-state index in [1.807, 2.05) is 41.1 Å². The Morgan fingerprint density at radius 3 is 2.73 bits per heavy atom. The zero-order valence-corrected chi connectivity index (χ0v) is 17.6. The Bertz CT molecular complexity index is 1140. The van der Waals surface area contributed by atoms with Gasteiger partial charge in [0.05, 0.1) is 18.1 Å². The molecule has 3 aromatic rings. The van der Waals surface area contributed by atoms with Gasteiger partial charge >= 0.3 is 10.3 Å². The van der Waals surface area contributed by atoms with Crippen LogP contribution in [0.1, 0.15) is 24.4 Å². The van der Waals surface area contributed by atoms with Crippen molar-refractivity contribution in [3.63, 3.8) is 0 Å². The van der Waals surface area contributed by atoms with Gasteiger partial charge in [0.2, 0.25) is 0 Å². The van der Waals surface area contributed by atoms with Crippen LogP contribution < -0.4 is 10.5 Å². The van der Waals surface area contributed by atoms with E-state index in [2.05, 4.69) is 19.5 Å². The lowest BCUT2D eigenvalue weighted by molar-refractivity contribution is 0.100. The van der Waals surface area contributed by atoms with Gasteiger partial charge in [0.1, 0.15) is 17.8 Å². The second-order valence-electron chi connectivity index (χ2n) is 7.39. The molecule has 4 rings (SSSR count). The van der Waals surface area contributed by atoms with Crippen LogP contribution in [0, 0.1) is 5.92 Å². The number of nitrogens with zero attached hydrogens (tertiary/aromatic N) is 3. The van der Waals surface area contributed by atoms with Crippen LogP contribution in [0.3, 0.4) is 0 Å². The number of aliphatic hydroxyl groups excluding tert-OH is 1. The molecule has 9 nitrogen and oxygen atoms in total. The molecule has 1 fully saturated rings. The molecule has 1 aromatic carbocycles. The monoisotopic (exact) mass is 451 g/mol. The molecule has 0 unspecified atom stereocenters. The minimum atomic E-state index is -4.03. The minimum Gasteiger partial charge on any atom is -0.393 e. The molecule has 11 heteroatoms. The molecule has 2 aromatic heterocycles. The number of aliphatic hydroxyl groups is 1. The summed E-state index contributed by atoms with van der Waals surface area (Å²) in [6, 6.07) is 9.47. The maximum Gasteiger partial charge on any atom is 0.333 e. The Morgan fingerprint density at radius 1 is 1.23 bits per heavy atom. The van der Waals surface area contributed by atoms with Gasteiger partial charge in [-0.05, 0) is 36.6 Å². The van der Waals surface area contributed by atoms with Crippen molar-refractivity contribution in [3.8, 4) is 0 Å². The third-order valence-corrected chi connectivity index (χ3v) is 6.07. The van der Waals surface area contributed by atoms with Crippen LogP contribution in [0.4, 0.5) is 5.82 Å². The number of halogens is 1. The van der Waals surface area contributed by atoms with Gasteiger partial charge in [0, 0.05) is 29.7 Å². The van der Waals surface area contributed by atoms with E-state index in [1.165, 1.54) is 6.33 Å². The standard InChI is InChI=1S/C19H22ClN5O4S/c20-14-3-1-12(2-4-14)9-22-18-16-5-6-25(19(16)24-11-23-18)15-7-13(17(26)8-15)10-29-30(21,27)28/h1-6,11,13,15,17,26H,7-10H2,(H2,21,27,28)(H,22,23,24)/t13-,15+,17-/m0/s1. The van der Waals surface area contributed by atoms with Gasteiger partial charge in [-0.15, -0.1) is 0 Å². The number of hydrogen-bond donors (Lipinski definition) is 3. The minimum absolute atomic E-state index is 0.0365. The Labute approximate surface area is 179 Å². The normalized spacial score (nSPS) is 21.9. The average Bonchev–Trinajstić information content (AvgIpc) is 3.29. The van der Waals surface area contributed by atoms with Crippen molar-refractivity contribution in [1.29, 1.82) is 0 Å². The molecule has 0 bridgehead atoms. The summed E-state index contributed by atoms with van der Waals surface area (Å²) in [4.78, 5) is 8.77. The first-order valence-corrected chi connectivity index (χ1v) is 11.3. The predicted molar refractivity (Wildman–Crippen MR) is 113 cm³/mol. The zero-order chi connectivity index (χ0) is 21.3. The van der Waals surface area contributed by atoms with E-state index in [4.69, 9.17) is 16.7 Å². The van der Waals surface area contributed by atoms with E-state index in [9.17, 15) is 13.5 Å². The lowest BCUT2D eigenvalue weighted by atomic mass is 10.1. The van der Waals surface area contributed by atoms with Crippen molar-refractivity contribution in [2.75, 3.05) is 11.9 Å². The maximum atomic E-state index is 11.0. The van der Waals surface area contributed by atoms with E-state index in [-0.39, 0.29) is 18.6 Å². The highest BCUT2D eigenvalue weighted by Crippen LogP contribution is 2.37.